The Kier molecular flexibility index (Phi) is 3.58. The minimum atomic E-state index is 0.0110. The Morgan fingerprint density at radius 1 is 1.31 bits per heavy atom. The minimum absolute atomic E-state index is 0.0110. The zero-order valence-corrected chi connectivity index (χ0v) is 7.91. The highest BCUT2D eigenvalue weighted by Crippen LogP contribution is 2.27. The molecule has 0 aliphatic rings. The third-order valence-electron chi connectivity index (χ3n) is 1.67. The van der Waals surface area contributed by atoms with E-state index in [1.807, 2.05) is 25.1 Å². The van der Waals surface area contributed by atoms with E-state index in [4.69, 9.17) is 14.6 Å². The molecule has 0 saturated heterocycles. The monoisotopic (exact) mass is 182 g/mol. The van der Waals surface area contributed by atoms with E-state index in [0.717, 1.165) is 5.56 Å². The van der Waals surface area contributed by atoms with Crippen molar-refractivity contribution >= 4 is 0 Å². The van der Waals surface area contributed by atoms with Gasteiger partial charge in [-0.2, -0.15) is 0 Å². The lowest BCUT2D eigenvalue weighted by molar-refractivity contribution is 0.196. The molecule has 0 aromatic heterocycles. The van der Waals surface area contributed by atoms with Gasteiger partial charge in [-0.05, 0) is 24.6 Å². The minimum Gasteiger partial charge on any atom is -0.493 e. The SMILES string of the molecule is COc1ccc(C)cc1OCCO. The zero-order chi connectivity index (χ0) is 9.68. The van der Waals surface area contributed by atoms with E-state index in [9.17, 15) is 0 Å². The molecule has 13 heavy (non-hydrogen) atoms. The van der Waals surface area contributed by atoms with Crippen LogP contribution in [0, 0.1) is 6.92 Å². The summed E-state index contributed by atoms with van der Waals surface area (Å²) in [5.74, 6) is 1.37. The maximum absolute atomic E-state index is 8.59. The molecule has 0 unspecified atom stereocenters. The van der Waals surface area contributed by atoms with Crippen LogP contribution in [0.2, 0.25) is 0 Å². The summed E-state index contributed by atoms with van der Waals surface area (Å²) < 4.78 is 10.4. The van der Waals surface area contributed by atoms with Crippen molar-refractivity contribution in [2.45, 2.75) is 6.92 Å². The molecule has 0 heterocycles. The normalized spacial score (nSPS) is 9.77. The second-order valence-electron chi connectivity index (χ2n) is 2.73. The van der Waals surface area contributed by atoms with E-state index in [0.29, 0.717) is 18.1 Å². The lowest BCUT2D eigenvalue weighted by Gasteiger charge is -2.09. The van der Waals surface area contributed by atoms with Crippen molar-refractivity contribution in [2.75, 3.05) is 20.3 Å². The third-order valence-corrected chi connectivity index (χ3v) is 1.67. The highest BCUT2D eigenvalue weighted by atomic mass is 16.5. The quantitative estimate of drug-likeness (QED) is 0.764. The van der Waals surface area contributed by atoms with Crippen LogP contribution < -0.4 is 9.47 Å². The molecule has 3 heteroatoms. The van der Waals surface area contributed by atoms with Crippen LogP contribution in [-0.4, -0.2) is 25.4 Å². The van der Waals surface area contributed by atoms with Crippen molar-refractivity contribution < 1.29 is 14.6 Å². The van der Waals surface area contributed by atoms with Crippen LogP contribution in [0.5, 0.6) is 11.5 Å². The number of methoxy groups -OCH3 is 1. The fourth-order valence-corrected chi connectivity index (χ4v) is 1.05. The Morgan fingerprint density at radius 2 is 2.08 bits per heavy atom. The summed E-state index contributed by atoms with van der Waals surface area (Å²) in [5.41, 5.74) is 1.11. The highest BCUT2D eigenvalue weighted by Gasteiger charge is 2.02. The maximum atomic E-state index is 8.59. The molecule has 72 valence electrons. The summed E-state index contributed by atoms with van der Waals surface area (Å²) in [6, 6.07) is 5.68. The lowest BCUT2D eigenvalue weighted by atomic mass is 10.2. The summed E-state index contributed by atoms with van der Waals surface area (Å²) >= 11 is 0. The summed E-state index contributed by atoms with van der Waals surface area (Å²) in [7, 11) is 1.59. The van der Waals surface area contributed by atoms with Crippen LogP contribution in [0.4, 0.5) is 0 Å². The summed E-state index contributed by atoms with van der Waals surface area (Å²) in [5, 5.41) is 8.59. The molecular formula is C10H14O3. The Labute approximate surface area is 77.9 Å². The van der Waals surface area contributed by atoms with Crippen molar-refractivity contribution in [1.29, 1.82) is 0 Å². The second kappa shape index (κ2) is 4.72. The summed E-state index contributed by atoms with van der Waals surface area (Å²) in [6.45, 7) is 2.28. The number of benzene rings is 1. The van der Waals surface area contributed by atoms with Gasteiger partial charge in [0, 0.05) is 0 Å². The average Bonchev–Trinajstić information content (AvgIpc) is 2.15. The van der Waals surface area contributed by atoms with E-state index in [1.54, 1.807) is 7.11 Å². The Balaban J connectivity index is 2.81. The molecule has 0 aliphatic heterocycles. The number of ether oxygens (including phenoxy) is 2. The number of aryl methyl sites for hydroxylation is 1. The van der Waals surface area contributed by atoms with Crippen LogP contribution in [0.25, 0.3) is 0 Å². The van der Waals surface area contributed by atoms with Crippen LogP contribution >= 0.6 is 0 Å². The molecule has 0 spiro atoms. The molecule has 0 fully saturated rings. The van der Waals surface area contributed by atoms with Gasteiger partial charge in [-0.3, -0.25) is 0 Å². The van der Waals surface area contributed by atoms with Gasteiger partial charge in [-0.1, -0.05) is 6.07 Å². The van der Waals surface area contributed by atoms with E-state index in [1.165, 1.54) is 0 Å². The van der Waals surface area contributed by atoms with Gasteiger partial charge in [0.2, 0.25) is 0 Å². The van der Waals surface area contributed by atoms with Crippen molar-refractivity contribution in [3.63, 3.8) is 0 Å². The first-order valence-corrected chi connectivity index (χ1v) is 4.16. The predicted octanol–water partition coefficient (Wildman–Crippen LogP) is 1.37. The van der Waals surface area contributed by atoms with Crippen molar-refractivity contribution in [3.8, 4) is 11.5 Å². The standard InChI is InChI=1S/C10H14O3/c1-8-3-4-9(12-2)10(7-8)13-6-5-11/h3-4,7,11H,5-6H2,1-2H3. The largest absolute Gasteiger partial charge is 0.493 e. The summed E-state index contributed by atoms with van der Waals surface area (Å²) in [6.07, 6.45) is 0. The number of aliphatic hydroxyl groups excluding tert-OH is 1. The molecule has 1 aromatic rings. The Bertz CT molecular complexity index is 271. The van der Waals surface area contributed by atoms with Crippen LogP contribution in [0.1, 0.15) is 5.56 Å². The topological polar surface area (TPSA) is 38.7 Å². The molecule has 0 bridgehead atoms. The van der Waals surface area contributed by atoms with Gasteiger partial charge in [0.1, 0.15) is 6.61 Å². The molecule has 3 nitrogen and oxygen atoms in total. The molecule has 0 atom stereocenters. The van der Waals surface area contributed by atoms with Gasteiger partial charge in [0.05, 0.1) is 13.7 Å². The van der Waals surface area contributed by atoms with Crippen LogP contribution in [-0.2, 0) is 0 Å². The van der Waals surface area contributed by atoms with Gasteiger partial charge >= 0.3 is 0 Å². The van der Waals surface area contributed by atoms with Gasteiger partial charge in [0.15, 0.2) is 11.5 Å². The number of aliphatic hydroxyl groups is 1. The Morgan fingerprint density at radius 3 is 2.69 bits per heavy atom. The Hall–Kier alpha value is -1.22. The van der Waals surface area contributed by atoms with Crippen molar-refractivity contribution in [3.05, 3.63) is 23.8 Å². The van der Waals surface area contributed by atoms with Gasteiger partial charge < -0.3 is 14.6 Å². The second-order valence-corrected chi connectivity index (χ2v) is 2.73. The smallest absolute Gasteiger partial charge is 0.161 e. The number of rotatable bonds is 4. The van der Waals surface area contributed by atoms with E-state index in [2.05, 4.69) is 0 Å². The van der Waals surface area contributed by atoms with Crippen molar-refractivity contribution in [2.24, 2.45) is 0 Å². The highest BCUT2D eigenvalue weighted by molar-refractivity contribution is 5.42. The van der Waals surface area contributed by atoms with E-state index in [-0.39, 0.29) is 6.61 Å². The average molecular weight is 182 g/mol. The first-order chi connectivity index (χ1) is 6.27. The first kappa shape index (κ1) is 9.86. The fourth-order valence-electron chi connectivity index (χ4n) is 1.05. The molecule has 1 rings (SSSR count). The summed E-state index contributed by atoms with van der Waals surface area (Å²) in [4.78, 5) is 0. The number of hydrogen-bond donors (Lipinski definition) is 1. The van der Waals surface area contributed by atoms with Gasteiger partial charge in [-0.25, -0.2) is 0 Å². The van der Waals surface area contributed by atoms with Crippen molar-refractivity contribution in [1.82, 2.24) is 0 Å². The third kappa shape index (κ3) is 2.63. The van der Waals surface area contributed by atoms with E-state index < -0.39 is 0 Å². The first-order valence-electron chi connectivity index (χ1n) is 4.16. The molecule has 0 radical (unpaired) electrons. The molecule has 0 saturated carbocycles. The lowest BCUT2D eigenvalue weighted by Crippen LogP contribution is -2.03. The van der Waals surface area contributed by atoms with Gasteiger partial charge in [-0.15, -0.1) is 0 Å². The molecule has 0 amide bonds. The molecule has 0 aliphatic carbocycles. The molecular weight excluding hydrogens is 168 g/mol. The predicted molar refractivity (Wildman–Crippen MR) is 50.3 cm³/mol. The van der Waals surface area contributed by atoms with Crippen LogP contribution in [0.15, 0.2) is 18.2 Å². The fraction of sp³-hybridized carbons (Fsp3) is 0.400. The zero-order valence-electron chi connectivity index (χ0n) is 7.91. The maximum Gasteiger partial charge on any atom is 0.161 e. The van der Waals surface area contributed by atoms with Crippen LogP contribution in [0.3, 0.4) is 0 Å². The molecule has 1 N–H and O–H groups in total. The molecule has 1 aromatic carbocycles. The number of hydrogen-bond acceptors (Lipinski definition) is 3. The van der Waals surface area contributed by atoms with E-state index >= 15 is 0 Å². The van der Waals surface area contributed by atoms with Gasteiger partial charge in [0.25, 0.3) is 0 Å².